The predicted molar refractivity (Wildman–Crippen MR) is 289 cm³/mol. The van der Waals surface area contributed by atoms with E-state index in [2.05, 4.69) is 41.8 Å². The van der Waals surface area contributed by atoms with E-state index in [-0.39, 0.29) is 43.9 Å². The number of rotatable bonds is 18. The smallest absolute Gasteiger partial charge is 0.284 e. The number of aliphatic hydroxyl groups is 1. The van der Waals surface area contributed by atoms with Gasteiger partial charge in [-0.1, -0.05) is 81.6 Å². The van der Waals surface area contributed by atoms with Gasteiger partial charge in [0.1, 0.15) is 23.6 Å². The Morgan fingerprint density at radius 2 is 1.71 bits per heavy atom. The highest BCUT2D eigenvalue weighted by Gasteiger charge is 2.44. The summed E-state index contributed by atoms with van der Waals surface area (Å²) in [6.07, 6.45) is 11.4. The van der Waals surface area contributed by atoms with Gasteiger partial charge in [-0.25, -0.2) is 23.1 Å². The molecule has 2 aromatic carbocycles. The number of para-hydroxylation sites is 1. The number of carbonyl (C=O) groups excluding carboxylic acids is 4. The van der Waals surface area contributed by atoms with Crippen molar-refractivity contribution in [1.29, 1.82) is 0 Å². The van der Waals surface area contributed by atoms with Gasteiger partial charge in [0.25, 0.3) is 5.91 Å². The number of amides is 4. The van der Waals surface area contributed by atoms with Crippen LogP contribution in [0.4, 0.5) is 22.6 Å². The molecular formula is C54H64N12O7S2. The zero-order valence-corrected chi connectivity index (χ0v) is 44.7. The molecule has 19 nitrogen and oxygen atoms in total. The monoisotopic (exact) mass is 1060 g/mol. The Labute approximate surface area is 441 Å². The topological polar surface area (TPSA) is 247 Å². The van der Waals surface area contributed by atoms with E-state index in [4.69, 9.17) is 16.5 Å². The van der Waals surface area contributed by atoms with Gasteiger partial charge in [-0.2, -0.15) is 5.10 Å². The number of aryl methyl sites for hydroxylation is 1. The van der Waals surface area contributed by atoms with E-state index < -0.39 is 63.0 Å². The second-order valence-corrected chi connectivity index (χ2v) is 23.3. The SMILES string of the molecule is C#Cc1ccc(CNC(=O)[C@@H]2C[C@@H](O)CN2C(=O)[C@@H](NC(=O)CCCS(=O)(=O)NC(=O)c2nc(N(C)c3cc(C)c(Nc4nc5ccccc5s4)nn3)ccc2-c2cnn(CC3CCCCC3)c2C)C(C)(C)C)cc1. The average molecular weight is 1060 g/mol. The second-order valence-electron chi connectivity index (χ2n) is 20.5. The Kier molecular flexibility index (Phi) is 16.6. The zero-order valence-electron chi connectivity index (χ0n) is 43.1. The number of sulfonamides is 1. The summed E-state index contributed by atoms with van der Waals surface area (Å²) in [5.41, 5.74) is 3.91. The van der Waals surface area contributed by atoms with Crippen molar-refractivity contribution in [1.82, 2.24) is 50.2 Å². The summed E-state index contributed by atoms with van der Waals surface area (Å²) >= 11 is 1.49. The largest absolute Gasteiger partial charge is 0.391 e. The van der Waals surface area contributed by atoms with Crippen LogP contribution in [0, 0.1) is 37.5 Å². The summed E-state index contributed by atoms with van der Waals surface area (Å²) in [6, 6.07) is 18.0. The fourth-order valence-electron chi connectivity index (χ4n) is 9.48. The number of carbonyl (C=O) groups is 4. The molecule has 0 spiro atoms. The molecule has 1 aliphatic carbocycles. The normalized spacial score (nSPS) is 16.5. The minimum absolute atomic E-state index is 0.0107. The van der Waals surface area contributed by atoms with Gasteiger partial charge in [0.05, 0.1) is 28.3 Å². The third-order valence-corrected chi connectivity index (χ3v) is 16.0. The van der Waals surface area contributed by atoms with E-state index in [9.17, 15) is 32.7 Å². The molecule has 4 aromatic heterocycles. The van der Waals surface area contributed by atoms with Crippen molar-refractivity contribution >= 4 is 77.8 Å². The molecule has 2 aliphatic rings. The van der Waals surface area contributed by atoms with Crippen molar-refractivity contribution in [3.8, 4) is 23.5 Å². The molecule has 1 aliphatic heterocycles. The van der Waals surface area contributed by atoms with Crippen molar-refractivity contribution in [2.75, 3.05) is 29.6 Å². The Morgan fingerprint density at radius 3 is 2.41 bits per heavy atom. The van der Waals surface area contributed by atoms with Gasteiger partial charge in [-0.05, 0) is 98.0 Å². The van der Waals surface area contributed by atoms with Crippen LogP contribution >= 0.6 is 11.3 Å². The lowest BCUT2D eigenvalue weighted by molar-refractivity contribution is -0.144. The number of hydrogen-bond donors (Lipinski definition) is 5. The van der Waals surface area contributed by atoms with Crippen molar-refractivity contribution in [2.24, 2.45) is 11.3 Å². The maximum absolute atomic E-state index is 14.3. The van der Waals surface area contributed by atoms with Crippen LogP contribution in [-0.4, -0.2) is 110 Å². The standard InChI is InChI=1S/C54H64N12O7S2/c1-8-35-20-22-36(23-21-35)29-55-50(69)42-28-38(67)32-65(42)52(71)48(54(4,5)6)59-46(68)19-14-26-75(72,73)63-51(70)47-39(40-30-56-66(34(40)3)31-37-15-10-9-11-16-37)24-25-44(58-47)64(7)45-27-33(2)49(62-61-45)60-53-57-41-17-12-13-18-43(41)74-53/h1,12-13,17-18,20-25,27,30,37-38,42,48,67H,9-11,14-16,19,26,28-29,31-32H2,2-7H3,(H,55,69)(H,59,68)(H,63,70)(H,57,60,62)/t38-,42+,48-/m1/s1. The molecule has 0 unspecified atom stereocenters. The number of anilines is 4. The van der Waals surface area contributed by atoms with Crippen LogP contribution in [0.5, 0.6) is 0 Å². The molecule has 1 saturated heterocycles. The number of benzene rings is 2. The Hall–Kier alpha value is -7.28. The third-order valence-electron chi connectivity index (χ3n) is 13.8. The number of aliphatic hydroxyl groups excluding tert-OH is 1. The van der Waals surface area contributed by atoms with Crippen LogP contribution in [0.1, 0.15) is 105 Å². The van der Waals surface area contributed by atoms with Crippen molar-refractivity contribution in [3.63, 3.8) is 0 Å². The first-order valence-corrected chi connectivity index (χ1v) is 27.6. The number of pyridine rings is 1. The van der Waals surface area contributed by atoms with Gasteiger partial charge >= 0.3 is 0 Å². The van der Waals surface area contributed by atoms with E-state index in [1.54, 1.807) is 75.3 Å². The molecule has 5 heterocycles. The van der Waals surface area contributed by atoms with E-state index >= 15 is 0 Å². The van der Waals surface area contributed by atoms with E-state index in [0.717, 1.165) is 46.4 Å². The van der Waals surface area contributed by atoms with Crippen LogP contribution in [0.3, 0.4) is 0 Å². The first kappa shape index (κ1) is 54.0. The molecule has 0 bridgehead atoms. The van der Waals surface area contributed by atoms with Gasteiger partial charge < -0.3 is 30.9 Å². The molecule has 5 N–H and O–H groups in total. The van der Waals surface area contributed by atoms with Gasteiger partial charge in [-0.3, -0.25) is 23.9 Å². The molecule has 3 atom stereocenters. The minimum atomic E-state index is -4.36. The number of nitrogens with zero attached hydrogens (tertiary/aromatic N) is 8. The van der Waals surface area contributed by atoms with Gasteiger partial charge in [-0.15, -0.1) is 16.6 Å². The molecule has 0 radical (unpaired) electrons. The molecule has 1 saturated carbocycles. The first-order chi connectivity index (χ1) is 35.8. The third kappa shape index (κ3) is 13.2. The predicted octanol–water partition coefficient (Wildman–Crippen LogP) is 6.68. The van der Waals surface area contributed by atoms with Crippen LogP contribution in [-0.2, 0) is 37.5 Å². The molecule has 394 valence electrons. The lowest BCUT2D eigenvalue weighted by Gasteiger charge is -2.35. The van der Waals surface area contributed by atoms with Crippen molar-refractivity contribution in [3.05, 3.63) is 101 Å². The lowest BCUT2D eigenvalue weighted by Crippen LogP contribution is -2.57. The van der Waals surface area contributed by atoms with E-state index in [1.165, 1.54) is 35.5 Å². The zero-order chi connectivity index (χ0) is 53.6. The fourth-order valence-corrected chi connectivity index (χ4v) is 11.4. The number of nitrogens with one attached hydrogen (secondary N) is 4. The molecule has 6 aromatic rings. The molecule has 8 rings (SSSR count). The Morgan fingerprint density at radius 1 is 0.960 bits per heavy atom. The summed E-state index contributed by atoms with van der Waals surface area (Å²) in [6.45, 7) is 9.84. The number of likely N-dealkylation sites (tertiary alicyclic amines) is 1. The summed E-state index contributed by atoms with van der Waals surface area (Å²) in [5.74, 6) is 1.01. The summed E-state index contributed by atoms with van der Waals surface area (Å²) < 4.78 is 32.6. The maximum Gasteiger partial charge on any atom is 0.284 e. The van der Waals surface area contributed by atoms with Gasteiger partial charge in [0, 0.05) is 61.9 Å². The fraction of sp³-hybridized carbons (Fsp3) is 0.426. The van der Waals surface area contributed by atoms with E-state index in [0.29, 0.717) is 39.4 Å². The Bertz CT molecular complexity index is 3200. The number of aromatic nitrogens is 6. The van der Waals surface area contributed by atoms with E-state index in [1.807, 2.05) is 48.9 Å². The first-order valence-electron chi connectivity index (χ1n) is 25.2. The molecule has 4 amide bonds. The van der Waals surface area contributed by atoms with Gasteiger partial charge in [0.2, 0.25) is 27.7 Å². The highest BCUT2D eigenvalue weighted by Crippen LogP contribution is 2.34. The molecule has 2 fully saturated rings. The van der Waals surface area contributed by atoms with Gasteiger partial charge in [0.15, 0.2) is 16.8 Å². The highest BCUT2D eigenvalue weighted by atomic mass is 32.2. The number of fused-ring (bicyclic) bond motifs is 1. The minimum Gasteiger partial charge on any atom is -0.391 e. The van der Waals surface area contributed by atoms with Crippen LogP contribution in [0.15, 0.2) is 72.9 Å². The number of β-amino-alcohol motifs (C(OH)–C–C–N with tert-alkyl or cyclic N) is 1. The summed E-state index contributed by atoms with van der Waals surface area (Å²) in [5, 5.41) is 33.7. The Balaban J connectivity index is 0.946. The number of thiazole rings is 1. The molecule has 75 heavy (non-hydrogen) atoms. The van der Waals surface area contributed by atoms with Crippen LogP contribution < -0.4 is 25.6 Å². The van der Waals surface area contributed by atoms with Crippen LogP contribution in [0.25, 0.3) is 21.3 Å². The molecular weight excluding hydrogens is 993 g/mol. The quantitative estimate of drug-likeness (QED) is 0.0564. The number of hydrogen-bond acceptors (Lipinski definition) is 15. The summed E-state index contributed by atoms with van der Waals surface area (Å²) in [4.78, 5) is 67.8. The maximum atomic E-state index is 14.3. The van der Waals surface area contributed by atoms with Crippen LogP contribution in [0.2, 0.25) is 0 Å². The molecule has 21 heteroatoms. The van der Waals surface area contributed by atoms with Crippen molar-refractivity contribution in [2.45, 2.75) is 117 Å². The number of terminal acetylenes is 1. The average Bonchev–Trinajstić information content (AvgIpc) is 4.10. The summed E-state index contributed by atoms with van der Waals surface area (Å²) in [7, 11) is -2.64. The van der Waals surface area contributed by atoms with Crippen molar-refractivity contribution < 1.29 is 32.7 Å². The second kappa shape index (κ2) is 23.1. The lowest BCUT2D eigenvalue weighted by atomic mass is 9.85. The highest BCUT2D eigenvalue weighted by molar-refractivity contribution is 7.90.